The van der Waals surface area contributed by atoms with E-state index in [1.54, 1.807) is 30.5 Å². The quantitative estimate of drug-likeness (QED) is 0.00736. The molecule has 0 fully saturated rings. The van der Waals surface area contributed by atoms with E-state index in [2.05, 4.69) is 83.7 Å². The van der Waals surface area contributed by atoms with Crippen LogP contribution in [0, 0.1) is 17.2 Å². The first-order valence-corrected chi connectivity index (χ1v) is 36.7. The molecule has 2 aromatic carbocycles. The lowest BCUT2D eigenvalue weighted by atomic mass is 9.97. The standard InChI is InChI=1S/C73H103N17O26/c1-6-35(2)16-9-7-8-10-22-54(94)82-45(25-39-31-77-43-20-14-12-17-40(39)43)67(109)85-46(27-53(76)93)68(110)87-49(30-60(103)104)69(111)90-62-38(5)116-73(115)50(26-52(92)41-18-11-13-19-42(41)75)88-72(114)61(36(3)24-57(97)98)89-70(112)51(34-91)83-56(96)32-78-64(106)47(28-58(99)100)84-63(105)37(4)80-66(108)48(29-59(101)102)86-65(107)44(21-15-23-74)81-55(95)33-79-71(62)113/h11-14,17-20,31,35-38,44-51,61-62,77,91H,6-10,15-16,21-30,32-34,74-75H2,1-5H3,(H2,76,93)(H,78,106)(H,79,113)(H,80,108)(H,81,95)(H,82,94)(H,83,96)(H,84,105)(H,85,109)(H,86,107)(H,87,110)(H,88,114)(H,89,112)(H,90,111)(H,97,98)(H,99,100)(H,101,102)(H,103,104). The average molecular weight is 1630 g/mol. The van der Waals surface area contributed by atoms with Crippen LogP contribution in [0.25, 0.3) is 10.9 Å². The number of hydrogen-bond acceptors (Lipinski definition) is 24. The fraction of sp³-hybridized carbons (Fsp3) is 0.534. The number of carboxylic acid groups (broad SMARTS) is 4. The van der Waals surface area contributed by atoms with Crippen molar-refractivity contribution in [1.82, 2.24) is 4.98 Å². The summed E-state index contributed by atoms with van der Waals surface area (Å²) < 4.78 is 5.72. The molecule has 14 unspecified atom stereocenters. The number of aliphatic imine (C=N–C) groups is 13. The largest absolute Gasteiger partial charge is 0.497 e. The van der Waals surface area contributed by atoms with Gasteiger partial charge >= 0.3 is 29.8 Å². The number of unbranched alkanes of at least 4 members (excludes halogenated alkanes) is 3. The van der Waals surface area contributed by atoms with E-state index >= 15 is 0 Å². The van der Waals surface area contributed by atoms with Crippen LogP contribution in [0.2, 0.25) is 0 Å². The molecule has 1 aromatic heterocycles. The topological polar surface area (TPSA) is 748 Å². The number of aliphatic hydroxyl groups is 15. The van der Waals surface area contributed by atoms with E-state index in [1.165, 1.54) is 24.3 Å². The number of aromatic amines is 1. The molecule has 43 nitrogen and oxygen atoms in total. The SMILES string of the molecule is CCC(C)CCCCCCC(O)=NC(Cc1c[nH]c2ccccc12)C(O)=NC(CC(=N)O)C(O)=NC(CC(=O)O)C(O)=NC1C(O)=NCC(O)=NC(CCCN)C(O)=NC(CC(=O)O)C(O)=NC(C)C(O)=NC(CC(=O)O)C(O)=NCC(O)=NC(CO)C(O)=NC(C(C)CC(=O)O)C(O)=NC(CC(=O)c2ccccc2N)C(=O)OC1C. The number of Topliss-reactive ketones (excluding diaryl/α,β-unsaturated/α-hetero) is 1. The molecule has 2 heterocycles. The van der Waals surface area contributed by atoms with Crippen LogP contribution in [0.1, 0.15) is 147 Å². The van der Waals surface area contributed by atoms with E-state index < -0.39 is 255 Å². The van der Waals surface area contributed by atoms with Gasteiger partial charge in [0, 0.05) is 47.6 Å². The van der Waals surface area contributed by atoms with E-state index in [4.69, 9.17) is 21.6 Å². The Hall–Kier alpha value is -12.7. The molecule has 25 N–H and O–H groups in total. The van der Waals surface area contributed by atoms with Gasteiger partial charge in [-0.25, -0.2) is 69.7 Å². The van der Waals surface area contributed by atoms with Gasteiger partial charge in [0.05, 0.1) is 38.7 Å². The number of esters is 1. The van der Waals surface area contributed by atoms with Crippen LogP contribution in [0.5, 0.6) is 0 Å². The lowest BCUT2D eigenvalue weighted by Crippen LogP contribution is -2.40. The molecule has 1 aliphatic rings. The van der Waals surface area contributed by atoms with E-state index in [1.807, 2.05) is 0 Å². The minimum absolute atomic E-state index is 0.0512. The molecule has 3 aromatic rings. The minimum atomic E-state index is -2.42. The van der Waals surface area contributed by atoms with Crippen LogP contribution in [0.15, 0.2) is 120 Å². The molecule has 0 saturated heterocycles. The number of anilines is 1. The second-order valence-electron chi connectivity index (χ2n) is 27.1. The molecule has 0 saturated carbocycles. The number of carbonyl (C=O) groups excluding carboxylic acids is 2. The summed E-state index contributed by atoms with van der Waals surface area (Å²) in [6.07, 6.45) is -2.72. The zero-order valence-electron chi connectivity index (χ0n) is 64.2. The Morgan fingerprint density at radius 1 is 0.586 bits per heavy atom. The Morgan fingerprint density at radius 3 is 1.74 bits per heavy atom. The third-order valence-corrected chi connectivity index (χ3v) is 17.6. The van der Waals surface area contributed by atoms with Crippen molar-refractivity contribution < 1.29 is 131 Å². The molecule has 0 amide bonds. The first kappa shape index (κ1) is 95.7. The number of nitrogen functional groups attached to an aromatic ring is 1. The summed E-state index contributed by atoms with van der Waals surface area (Å²) in [5, 5.41) is 218. The van der Waals surface area contributed by atoms with Gasteiger partial charge in [-0.3, -0.25) is 29.4 Å². The third kappa shape index (κ3) is 32.4. The number of nitrogens with zero attached hydrogens (tertiary/aromatic N) is 13. The van der Waals surface area contributed by atoms with E-state index in [0.717, 1.165) is 52.9 Å². The molecule has 1 aliphatic heterocycles. The normalized spacial score (nSPS) is 22.3. The summed E-state index contributed by atoms with van der Waals surface area (Å²) in [6.45, 7) is 3.55. The summed E-state index contributed by atoms with van der Waals surface area (Å²) in [5.41, 5.74) is 12.7. The summed E-state index contributed by atoms with van der Waals surface area (Å²) in [7, 11) is 0. The Morgan fingerprint density at radius 2 is 1.14 bits per heavy atom. The fourth-order valence-electron chi connectivity index (χ4n) is 11.2. The van der Waals surface area contributed by atoms with Crippen LogP contribution < -0.4 is 11.5 Å². The number of H-pyrrole nitrogens is 1. The number of carboxylic acids is 4. The first-order chi connectivity index (χ1) is 54.7. The van der Waals surface area contributed by atoms with Gasteiger partial charge in [-0.15, -0.1) is 0 Å². The van der Waals surface area contributed by atoms with E-state index in [9.17, 15) is 126 Å². The van der Waals surface area contributed by atoms with Crippen LogP contribution in [-0.2, 0) is 35.1 Å². The second kappa shape index (κ2) is 47.7. The van der Waals surface area contributed by atoms with Crippen LogP contribution >= 0.6 is 0 Å². The number of aliphatic carboxylic acids is 4. The maximum Gasteiger partial charge on any atom is 0.331 e. The number of ketones is 1. The Bertz CT molecular complexity index is 4300. The molecule has 0 radical (unpaired) electrons. The van der Waals surface area contributed by atoms with Crippen molar-refractivity contribution in [3.8, 4) is 0 Å². The molecule has 116 heavy (non-hydrogen) atoms. The van der Waals surface area contributed by atoms with Crippen molar-refractivity contribution in [2.75, 3.05) is 32.0 Å². The second-order valence-corrected chi connectivity index (χ2v) is 27.1. The molecular weight excluding hydrogens is 1530 g/mol. The number of cyclic esters (lactones) is 1. The van der Waals surface area contributed by atoms with Crippen LogP contribution in [-0.4, -0.2) is 319 Å². The van der Waals surface area contributed by atoms with Gasteiger partial charge in [0.15, 0.2) is 35.7 Å². The molecule has 14 atom stereocenters. The maximum atomic E-state index is 14.9. The lowest BCUT2D eigenvalue weighted by Gasteiger charge is -2.24. The molecule has 0 bridgehead atoms. The number of ether oxygens (including phenoxy) is 1. The molecule has 43 heteroatoms. The van der Waals surface area contributed by atoms with Gasteiger partial charge < -0.3 is 118 Å². The number of carbonyl (C=O) groups is 6. The number of para-hydroxylation sites is 2. The highest BCUT2D eigenvalue weighted by Crippen LogP contribution is 2.25. The highest BCUT2D eigenvalue weighted by molar-refractivity contribution is 6.04. The minimum Gasteiger partial charge on any atom is -0.497 e. The van der Waals surface area contributed by atoms with Gasteiger partial charge in [-0.05, 0) is 75.3 Å². The Kier molecular flexibility index (Phi) is 39.4. The van der Waals surface area contributed by atoms with Crippen molar-refractivity contribution >= 4 is 135 Å². The predicted octanol–water partition coefficient (Wildman–Crippen LogP) is 6.60. The number of fused-ring (bicyclic) bond motifs is 1. The van der Waals surface area contributed by atoms with Crippen molar-refractivity contribution in [1.29, 1.82) is 5.41 Å². The number of aliphatic hydroxyl groups excluding tert-OH is 15. The zero-order chi connectivity index (χ0) is 86.6. The van der Waals surface area contributed by atoms with Gasteiger partial charge in [-0.1, -0.05) is 83.2 Å². The molecule has 0 aliphatic carbocycles. The molecule has 636 valence electrons. The predicted molar refractivity (Wildman–Crippen MR) is 431 cm³/mol. The Labute approximate surface area is 663 Å². The summed E-state index contributed by atoms with van der Waals surface area (Å²) in [4.78, 5) is 132. The Balaban J connectivity index is 2.10. The molecule has 0 spiro atoms. The number of aromatic nitrogens is 1. The monoisotopic (exact) mass is 1630 g/mol. The zero-order valence-corrected chi connectivity index (χ0v) is 64.2. The summed E-state index contributed by atoms with van der Waals surface area (Å²) in [6, 6.07) is -10.1. The van der Waals surface area contributed by atoms with Gasteiger partial charge in [0.25, 0.3) is 0 Å². The van der Waals surface area contributed by atoms with Crippen LogP contribution in [0.4, 0.5) is 5.69 Å². The van der Waals surface area contributed by atoms with E-state index in [0.29, 0.717) is 28.8 Å². The van der Waals surface area contributed by atoms with Gasteiger partial charge in [0.1, 0.15) is 67.5 Å². The summed E-state index contributed by atoms with van der Waals surface area (Å²) in [5.74, 6) is -26.9. The average Bonchev–Trinajstić information content (AvgIpc) is 1.64. The lowest BCUT2D eigenvalue weighted by molar-refractivity contribution is -0.150. The number of benzene rings is 2. The van der Waals surface area contributed by atoms with Gasteiger partial charge in [-0.2, -0.15) is 0 Å². The van der Waals surface area contributed by atoms with E-state index in [-0.39, 0.29) is 43.5 Å². The maximum absolute atomic E-state index is 14.9. The van der Waals surface area contributed by atoms with Gasteiger partial charge in [0.2, 0.25) is 70.8 Å². The first-order valence-electron chi connectivity index (χ1n) is 36.7. The van der Waals surface area contributed by atoms with Crippen molar-refractivity contribution in [2.45, 2.75) is 210 Å². The van der Waals surface area contributed by atoms with Crippen molar-refractivity contribution in [2.24, 2.45) is 82.5 Å². The third-order valence-electron chi connectivity index (χ3n) is 17.6. The van der Waals surface area contributed by atoms with Crippen molar-refractivity contribution in [3.05, 3.63) is 65.9 Å². The molecular formula is C73H103N17O26. The van der Waals surface area contributed by atoms with Crippen molar-refractivity contribution in [3.63, 3.8) is 0 Å². The highest BCUT2D eigenvalue weighted by atomic mass is 16.5. The number of nitrogens with one attached hydrogen (secondary N) is 2. The fourth-order valence-corrected chi connectivity index (χ4v) is 11.2. The van der Waals surface area contributed by atoms with Crippen LogP contribution in [0.3, 0.4) is 0 Å². The highest BCUT2D eigenvalue weighted by Gasteiger charge is 2.37. The summed E-state index contributed by atoms with van der Waals surface area (Å²) >= 11 is 0. The number of rotatable bonds is 35. The number of hydrogen-bond donors (Lipinski definition) is 23. The molecule has 4 rings (SSSR count). The number of nitrogens with two attached hydrogens (primary N) is 2. The smallest absolute Gasteiger partial charge is 0.331 e.